The van der Waals surface area contributed by atoms with E-state index in [1.807, 2.05) is 72.8 Å². The largest absolute Gasteiger partial charge is 0.443 e. The Morgan fingerprint density at radius 2 is 0.500 bits per heavy atom. The van der Waals surface area contributed by atoms with Crippen molar-refractivity contribution in [3.8, 4) is 12.5 Å². The molecule has 2 aromatic rings. The summed E-state index contributed by atoms with van der Waals surface area (Å²) in [6, 6.07) is 24.0. The first kappa shape index (κ1) is 17.4. The first-order valence-corrected chi connectivity index (χ1v) is 4.89. The molecule has 0 spiro atoms. The van der Waals surface area contributed by atoms with Crippen LogP contribution in [-0.2, 0) is 0 Å². The minimum absolute atomic E-state index is 0.750. The number of aliphatic hydroxyl groups is 2. The van der Waals surface area contributed by atoms with Gasteiger partial charge in [0.2, 0.25) is 0 Å². The Kier molecular flexibility index (Phi) is 18.9. The van der Waals surface area contributed by atoms with Crippen LogP contribution in [0.25, 0.3) is 0 Å². The van der Waals surface area contributed by atoms with Crippen molar-refractivity contribution < 1.29 is 10.2 Å². The molecule has 4 heteroatoms. The lowest BCUT2D eigenvalue weighted by Crippen LogP contribution is -1.47. The van der Waals surface area contributed by atoms with E-state index in [0.717, 1.165) is 12.5 Å². The quantitative estimate of drug-likeness (QED) is 0.695. The molecule has 2 N–H and O–H groups in total. The van der Waals surface area contributed by atoms with Gasteiger partial charge in [0.25, 0.3) is 12.5 Å². The first-order chi connectivity index (χ1) is 8.83. The van der Waals surface area contributed by atoms with Gasteiger partial charge in [-0.3, -0.25) is 0 Å². The number of hydrogen-bond acceptors (Lipinski definition) is 4. The summed E-state index contributed by atoms with van der Waals surface area (Å²) in [7, 11) is 0. The van der Waals surface area contributed by atoms with Crippen molar-refractivity contribution in [2.24, 2.45) is 0 Å². The second-order valence-electron chi connectivity index (χ2n) is 2.51. The summed E-state index contributed by atoms with van der Waals surface area (Å²) in [6.45, 7) is 0. The Morgan fingerprint density at radius 1 is 0.444 bits per heavy atom. The summed E-state index contributed by atoms with van der Waals surface area (Å²) in [5.74, 6) is 0. The van der Waals surface area contributed by atoms with Gasteiger partial charge in [0.1, 0.15) is 0 Å². The molecule has 0 aliphatic heterocycles. The molecule has 0 amide bonds. The maximum absolute atomic E-state index is 6.88. The van der Waals surface area contributed by atoms with Gasteiger partial charge in [0, 0.05) is 0 Å². The molecule has 0 aliphatic carbocycles. The maximum atomic E-state index is 6.88. The van der Waals surface area contributed by atoms with Crippen molar-refractivity contribution in [2.45, 2.75) is 0 Å². The average Bonchev–Trinajstić information content (AvgIpc) is 2.45. The lowest BCUT2D eigenvalue weighted by Gasteiger charge is -1.69. The zero-order chi connectivity index (χ0) is 13.9. The van der Waals surface area contributed by atoms with E-state index in [4.69, 9.17) is 20.7 Å². The molecule has 0 unspecified atom stereocenters. The van der Waals surface area contributed by atoms with Gasteiger partial charge in [0.05, 0.1) is 0 Å². The summed E-state index contributed by atoms with van der Waals surface area (Å²) in [5.41, 5.74) is 0. The Balaban J connectivity index is 0. The average molecular weight is 242 g/mol. The van der Waals surface area contributed by atoms with E-state index in [9.17, 15) is 0 Å². The van der Waals surface area contributed by atoms with Gasteiger partial charge < -0.3 is 10.2 Å². The predicted molar refractivity (Wildman–Crippen MR) is 68.0 cm³/mol. The van der Waals surface area contributed by atoms with Gasteiger partial charge >= 0.3 is 0 Å². The van der Waals surface area contributed by atoms with Crippen LogP contribution in [0.3, 0.4) is 0 Å². The van der Waals surface area contributed by atoms with E-state index in [1.54, 1.807) is 0 Å². The number of rotatable bonds is 0. The van der Waals surface area contributed by atoms with Crippen LogP contribution >= 0.6 is 0 Å². The first-order valence-electron chi connectivity index (χ1n) is 4.89. The summed E-state index contributed by atoms with van der Waals surface area (Å²) < 4.78 is 0. The highest BCUT2D eigenvalue weighted by Crippen LogP contribution is 1.80. The van der Waals surface area contributed by atoms with Gasteiger partial charge in [-0.05, 0) is 0 Å². The highest BCUT2D eigenvalue weighted by Gasteiger charge is 1.58. The van der Waals surface area contributed by atoms with Gasteiger partial charge in [-0.1, -0.05) is 72.8 Å². The smallest absolute Gasteiger partial charge is 0.283 e. The molecule has 92 valence electrons. The Bertz CT molecular complexity index is 322. The summed E-state index contributed by atoms with van der Waals surface area (Å²) in [5, 5.41) is 27.5. The Morgan fingerprint density at radius 3 is 0.556 bits per heavy atom. The molecule has 0 aromatic heterocycles. The van der Waals surface area contributed by atoms with Crippen molar-refractivity contribution in [3.05, 3.63) is 72.8 Å². The van der Waals surface area contributed by atoms with Crippen LogP contribution < -0.4 is 0 Å². The second-order valence-corrected chi connectivity index (χ2v) is 2.51. The second kappa shape index (κ2) is 19.6. The van der Waals surface area contributed by atoms with Crippen molar-refractivity contribution in [1.82, 2.24) is 0 Å². The van der Waals surface area contributed by atoms with Crippen molar-refractivity contribution in [1.29, 1.82) is 10.5 Å². The monoisotopic (exact) mass is 242 g/mol. The van der Waals surface area contributed by atoms with Gasteiger partial charge in [-0.15, -0.1) is 0 Å². The normalized spacial score (nSPS) is 6.11. The van der Waals surface area contributed by atoms with E-state index >= 15 is 0 Å². The van der Waals surface area contributed by atoms with Crippen LogP contribution in [0.1, 0.15) is 0 Å². The van der Waals surface area contributed by atoms with E-state index in [2.05, 4.69) is 0 Å². The molecule has 0 bridgehead atoms. The lowest BCUT2D eigenvalue weighted by atomic mass is 10.4. The number of nitriles is 2. The summed E-state index contributed by atoms with van der Waals surface area (Å²) in [4.78, 5) is 0. The molecule has 2 rings (SSSR count). The highest BCUT2D eigenvalue weighted by atomic mass is 16.2. The van der Waals surface area contributed by atoms with E-state index in [-0.39, 0.29) is 0 Å². The topological polar surface area (TPSA) is 88.0 Å². The zero-order valence-corrected chi connectivity index (χ0v) is 9.72. The molecule has 0 saturated carbocycles. The lowest BCUT2D eigenvalue weighted by molar-refractivity contribution is 0.502. The number of nitrogens with zero attached hydrogens (tertiary/aromatic N) is 2. The van der Waals surface area contributed by atoms with Crippen LogP contribution in [0.4, 0.5) is 0 Å². The molecular weight excluding hydrogens is 228 g/mol. The molecule has 0 fully saturated rings. The number of aliphatic hydroxyl groups excluding tert-OH is 2. The van der Waals surface area contributed by atoms with Gasteiger partial charge in [-0.2, -0.15) is 10.5 Å². The van der Waals surface area contributed by atoms with Gasteiger partial charge in [-0.25, -0.2) is 0 Å². The minimum Gasteiger partial charge on any atom is -0.443 e. The Hall–Kier alpha value is -2.98. The third-order valence-corrected chi connectivity index (χ3v) is 1.33. The molecule has 2 aromatic carbocycles. The molecule has 0 aliphatic rings. The fourth-order valence-corrected chi connectivity index (χ4v) is 0.770. The van der Waals surface area contributed by atoms with Crippen LogP contribution in [0.5, 0.6) is 0 Å². The fraction of sp³-hybridized carbons (Fsp3) is 0. The molecule has 0 saturated heterocycles. The molecule has 0 radical (unpaired) electrons. The van der Waals surface area contributed by atoms with E-state index < -0.39 is 0 Å². The molecule has 4 nitrogen and oxygen atoms in total. The van der Waals surface area contributed by atoms with E-state index in [0.29, 0.717) is 0 Å². The standard InChI is InChI=1S/2C6H6.2CHNO/c2*1-2-4-6-5-3-1;2*2-1-3/h2*1-6H;2*3H. The van der Waals surface area contributed by atoms with Crippen LogP contribution in [0, 0.1) is 23.0 Å². The van der Waals surface area contributed by atoms with Crippen molar-refractivity contribution in [2.75, 3.05) is 0 Å². The number of hydrogen-bond donors (Lipinski definition) is 2. The molecule has 18 heavy (non-hydrogen) atoms. The van der Waals surface area contributed by atoms with E-state index in [1.165, 1.54) is 0 Å². The van der Waals surface area contributed by atoms with Crippen molar-refractivity contribution in [3.63, 3.8) is 0 Å². The number of benzene rings is 2. The minimum atomic E-state index is 0.750. The molecule has 0 atom stereocenters. The SMILES string of the molecule is N#CO.N#CO.c1ccccc1.c1ccccc1. The highest BCUT2D eigenvalue weighted by molar-refractivity contribution is 4.99. The van der Waals surface area contributed by atoms with Crippen LogP contribution in [0.15, 0.2) is 72.8 Å². The Labute approximate surface area is 107 Å². The third-order valence-electron chi connectivity index (χ3n) is 1.33. The van der Waals surface area contributed by atoms with Crippen LogP contribution in [-0.4, -0.2) is 10.2 Å². The van der Waals surface area contributed by atoms with Gasteiger partial charge in [0.15, 0.2) is 0 Å². The molecule has 0 heterocycles. The van der Waals surface area contributed by atoms with Crippen LogP contribution in [0.2, 0.25) is 0 Å². The van der Waals surface area contributed by atoms with Crippen molar-refractivity contribution >= 4 is 0 Å². The maximum Gasteiger partial charge on any atom is 0.283 e. The molecular formula is C14H14N2O2. The fourth-order valence-electron chi connectivity index (χ4n) is 0.770. The predicted octanol–water partition coefficient (Wildman–Crippen LogP) is 3.05. The summed E-state index contributed by atoms with van der Waals surface area (Å²) in [6.07, 6.45) is 1.50. The summed E-state index contributed by atoms with van der Waals surface area (Å²) >= 11 is 0. The zero-order valence-electron chi connectivity index (χ0n) is 9.72. The third kappa shape index (κ3) is 23.1.